The average molecular weight is 382 g/mol. The lowest BCUT2D eigenvalue weighted by atomic mass is 9.95. The summed E-state index contributed by atoms with van der Waals surface area (Å²) in [5, 5.41) is 2.61. The number of unbranched alkanes of at least 4 members (excludes halogenated alkanes) is 1. The third-order valence-corrected chi connectivity index (χ3v) is 4.43. The normalized spacial score (nSPS) is 14.6. The van der Waals surface area contributed by atoms with E-state index in [9.17, 15) is 23.2 Å². The van der Waals surface area contributed by atoms with Gasteiger partial charge in [0.15, 0.2) is 0 Å². The molecule has 1 aromatic rings. The molecule has 0 spiro atoms. The van der Waals surface area contributed by atoms with Crippen LogP contribution < -0.4 is 16.2 Å². The van der Waals surface area contributed by atoms with Gasteiger partial charge in [0, 0.05) is 31.6 Å². The monoisotopic (exact) mass is 382 g/mol. The van der Waals surface area contributed by atoms with E-state index >= 15 is 0 Å². The Kier molecular flexibility index (Phi) is 7.51. The Bertz CT molecular complexity index is 691. The quantitative estimate of drug-likeness (QED) is 0.537. The second kappa shape index (κ2) is 9.84. The first-order valence-corrected chi connectivity index (χ1v) is 9.00. The molecule has 2 rings (SSSR count). The molecule has 7 nitrogen and oxygen atoms in total. The van der Waals surface area contributed by atoms with Crippen molar-refractivity contribution in [2.24, 2.45) is 5.92 Å². The zero-order chi connectivity index (χ0) is 19.8. The largest absolute Gasteiger partial charge is 0.339 e. The Labute approximate surface area is 156 Å². The van der Waals surface area contributed by atoms with Gasteiger partial charge in [-0.1, -0.05) is 13.3 Å². The van der Waals surface area contributed by atoms with Gasteiger partial charge in [0.25, 0.3) is 5.91 Å². The van der Waals surface area contributed by atoms with Crippen molar-refractivity contribution in [1.82, 2.24) is 21.1 Å². The van der Waals surface area contributed by atoms with Crippen molar-refractivity contribution >= 4 is 17.8 Å². The topological polar surface area (TPSA) is 90.5 Å². The molecule has 0 saturated carbocycles. The SMILES string of the molecule is CCCCNC(=O)NNC(=O)C1CCN(C(=O)c2ccc(F)cc2F)CC1. The van der Waals surface area contributed by atoms with Crippen LogP contribution in [0.1, 0.15) is 43.0 Å². The molecule has 1 fully saturated rings. The summed E-state index contributed by atoms with van der Waals surface area (Å²) in [6, 6.07) is 2.35. The Morgan fingerprint density at radius 2 is 1.85 bits per heavy atom. The standard InChI is InChI=1S/C18H24F2N4O3/c1-2-3-8-21-18(27)23-22-16(25)12-6-9-24(10-7-12)17(26)14-5-4-13(19)11-15(14)20/h4-5,11-12H,2-3,6-10H2,1H3,(H,22,25)(H2,21,23,27). The highest BCUT2D eigenvalue weighted by Crippen LogP contribution is 2.20. The molecule has 148 valence electrons. The number of urea groups is 1. The summed E-state index contributed by atoms with van der Waals surface area (Å²) in [7, 11) is 0. The van der Waals surface area contributed by atoms with Crippen LogP contribution in [-0.4, -0.2) is 42.4 Å². The minimum absolute atomic E-state index is 0.190. The van der Waals surface area contributed by atoms with Gasteiger partial charge in [-0.2, -0.15) is 0 Å². The van der Waals surface area contributed by atoms with Crippen molar-refractivity contribution in [2.75, 3.05) is 19.6 Å². The first-order valence-electron chi connectivity index (χ1n) is 9.00. The lowest BCUT2D eigenvalue weighted by molar-refractivity contribution is -0.127. The van der Waals surface area contributed by atoms with Crippen LogP contribution in [0, 0.1) is 17.6 Å². The molecule has 27 heavy (non-hydrogen) atoms. The second-order valence-electron chi connectivity index (χ2n) is 6.41. The summed E-state index contributed by atoms with van der Waals surface area (Å²) in [5.41, 5.74) is 4.47. The molecule has 0 radical (unpaired) electrons. The van der Waals surface area contributed by atoms with E-state index in [2.05, 4.69) is 16.2 Å². The summed E-state index contributed by atoms with van der Waals surface area (Å²) in [6.07, 6.45) is 2.58. The molecule has 0 unspecified atom stereocenters. The molecule has 3 N–H and O–H groups in total. The number of piperidine rings is 1. The lowest BCUT2D eigenvalue weighted by Crippen LogP contribution is -2.51. The van der Waals surface area contributed by atoms with Crippen LogP contribution in [0.5, 0.6) is 0 Å². The van der Waals surface area contributed by atoms with Crippen molar-refractivity contribution in [3.8, 4) is 0 Å². The third kappa shape index (κ3) is 5.90. The van der Waals surface area contributed by atoms with Crippen molar-refractivity contribution in [3.63, 3.8) is 0 Å². The lowest BCUT2D eigenvalue weighted by Gasteiger charge is -2.31. The van der Waals surface area contributed by atoms with E-state index in [1.54, 1.807) is 0 Å². The van der Waals surface area contributed by atoms with E-state index in [-0.39, 0.29) is 30.5 Å². The number of nitrogens with zero attached hydrogens (tertiary/aromatic N) is 1. The van der Waals surface area contributed by atoms with Gasteiger partial charge in [0.1, 0.15) is 11.6 Å². The Hall–Kier alpha value is -2.71. The molecule has 1 aliphatic heterocycles. The predicted molar refractivity (Wildman–Crippen MR) is 94.6 cm³/mol. The minimum atomic E-state index is -0.904. The molecule has 9 heteroatoms. The maximum Gasteiger partial charge on any atom is 0.333 e. The smallest absolute Gasteiger partial charge is 0.333 e. The number of likely N-dealkylation sites (tertiary alicyclic amines) is 1. The highest BCUT2D eigenvalue weighted by Gasteiger charge is 2.29. The summed E-state index contributed by atoms with van der Waals surface area (Å²) in [6.45, 7) is 3.08. The van der Waals surface area contributed by atoms with Gasteiger partial charge in [-0.3, -0.25) is 15.0 Å². The van der Waals surface area contributed by atoms with Crippen LogP contribution >= 0.6 is 0 Å². The van der Waals surface area contributed by atoms with Crippen molar-refractivity contribution < 1.29 is 23.2 Å². The van der Waals surface area contributed by atoms with Gasteiger partial charge >= 0.3 is 6.03 Å². The first-order chi connectivity index (χ1) is 12.9. The molecule has 0 bridgehead atoms. The molecular weight excluding hydrogens is 358 g/mol. The number of nitrogens with one attached hydrogen (secondary N) is 3. The number of hydrogen-bond acceptors (Lipinski definition) is 3. The number of amides is 4. The van der Waals surface area contributed by atoms with E-state index < -0.39 is 23.6 Å². The minimum Gasteiger partial charge on any atom is -0.339 e. The molecule has 4 amide bonds. The highest BCUT2D eigenvalue weighted by molar-refractivity contribution is 5.94. The molecule has 0 aliphatic carbocycles. The van der Waals surface area contributed by atoms with Crippen LogP contribution in [-0.2, 0) is 4.79 Å². The highest BCUT2D eigenvalue weighted by atomic mass is 19.1. The number of hydrazine groups is 1. The maximum atomic E-state index is 13.8. The Morgan fingerprint density at radius 3 is 2.48 bits per heavy atom. The van der Waals surface area contributed by atoms with Crippen molar-refractivity contribution in [1.29, 1.82) is 0 Å². The fourth-order valence-corrected chi connectivity index (χ4v) is 2.82. The van der Waals surface area contributed by atoms with E-state index in [1.807, 2.05) is 6.92 Å². The first kappa shape index (κ1) is 20.6. The van der Waals surface area contributed by atoms with Gasteiger partial charge in [-0.05, 0) is 31.4 Å². The second-order valence-corrected chi connectivity index (χ2v) is 6.41. The Morgan fingerprint density at radius 1 is 1.15 bits per heavy atom. The fourth-order valence-electron chi connectivity index (χ4n) is 2.82. The van der Waals surface area contributed by atoms with Gasteiger partial charge in [0.2, 0.25) is 5.91 Å². The average Bonchev–Trinajstić information content (AvgIpc) is 2.66. The van der Waals surface area contributed by atoms with Crippen LogP contribution in [0.3, 0.4) is 0 Å². The number of hydrogen-bond donors (Lipinski definition) is 3. The molecule has 1 saturated heterocycles. The zero-order valence-corrected chi connectivity index (χ0v) is 15.2. The summed E-state index contributed by atoms with van der Waals surface area (Å²) in [4.78, 5) is 37.4. The van der Waals surface area contributed by atoms with E-state index in [4.69, 9.17) is 0 Å². The Balaban J connectivity index is 1.78. The molecule has 0 aromatic heterocycles. The predicted octanol–water partition coefficient (Wildman–Crippen LogP) is 1.95. The molecular formula is C18H24F2N4O3. The van der Waals surface area contributed by atoms with E-state index in [1.165, 1.54) is 4.90 Å². The van der Waals surface area contributed by atoms with Gasteiger partial charge in [0.05, 0.1) is 5.56 Å². The number of rotatable bonds is 5. The molecule has 1 heterocycles. The number of benzene rings is 1. The van der Waals surface area contributed by atoms with Crippen LogP contribution in [0.2, 0.25) is 0 Å². The number of carbonyl (C=O) groups excluding carboxylic acids is 3. The van der Waals surface area contributed by atoms with Crippen molar-refractivity contribution in [2.45, 2.75) is 32.6 Å². The maximum absolute atomic E-state index is 13.8. The van der Waals surface area contributed by atoms with E-state index in [0.717, 1.165) is 25.0 Å². The van der Waals surface area contributed by atoms with Crippen LogP contribution in [0.4, 0.5) is 13.6 Å². The number of halogens is 2. The van der Waals surface area contributed by atoms with Crippen LogP contribution in [0.15, 0.2) is 18.2 Å². The van der Waals surface area contributed by atoms with Gasteiger partial charge in [-0.15, -0.1) is 0 Å². The third-order valence-electron chi connectivity index (χ3n) is 4.43. The fraction of sp³-hybridized carbons (Fsp3) is 0.500. The van der Waals surface area contributed by atoms with E-state index in [0.29, 0.717) is 25.5 Å². The number of carbonyl (C=O) groups is 3. The molecule has 1 aromatic carbocycles. The van der Waals surface area contributed by atoms with Gasteiger partial charge < -0.3 is 10.2 Å². The molecule has 1 aliphatic rings. The summed E-state index contributed by atoms with van der Waals surface area (Å²) in [5.74, 6) is -2.87. The van der Waals surface area contributed by atoms with Crippen LogP contribution in [0.25, 0.3) is 0 Å². The van der Waals surface area contributed by atoms with Crippen molar-refractivity contribution in [3.05, 3.63) is 35.4 Å². The van der Waals surface area contributed by atoms with Gasteiger partial charge in [-0.25, -0.2) is 19.0 Å². The summed E-state index contributed by atoms with van der Waals surface area (Å²) >= 11 is 0. The summed E-state index contributed by atoms with van der Waals surface area (Å²) < 4.78 is 26.7. The molecule has 0 atom stereocenters. The zero-order valence-electron chi connectivity index (χ0n) is 15.2.